The third-order valence-electron chi connectivity index (χ3n) is 6.35. The summed E-state index contributed by atoms with van der Waals surface area (Å²) < 4.78 is 39.4. The van der Waals surface area contributed by atoms with E-state index >= 15 is 4.39 Å². The molecule has 2 N–H and O–H groups in total. The first-order valence-corrected chi connectivity index (χ1v) is 16.0. The van der Waals surface area contributed by atoms with Gasteiger partial charge in [0.25, 0.3) is 0 Å². The average Bonchev–Trinajstić information content (AvgIpc) is 2.93. The van der Waals surface area contributed by atoms with E-state index in [1.807, 2.05) is 11.8 Å². The molecule has 212 valence electrons. The summed E-state index contributed by atoms with van der Waals surface area (Å²) in [7, 11) is -3.53. The average molecular weight is 605 g/mol. The maximum atomic E-state index is 15.1. The third kappa shape index (κ3) is 8.20. The van der Waals surface area contributed by atoms with E-state index in [2.05, 4.69) is 15.5 Å². The number of amides is 3. The number of nitrogens with zero attached hydrogens (tertiary/aromatic N) is 2. The van der Waals surface area contributed by atoms with Gasteiger partial charge in [0, 0.05) is 60.2 Å². The zero-order valence-electron chi connectivity index (χ0n) is 21.9. The second-order valence-electron chi connectivity index (χ2n) is 9.32. The molecule has 0 aromatic heterocycles. The summed E-state index contributed by atoms with van der Waals surface area (Å²) in [6.45, 7) is 2.43. The molecule has 1 aliphatic rings. The van der Waals surface area contributed by atoms with Gasteiger partial charge < -0.3 is 15.5 Å². The van der Waals surface area contributed by atoms with Gasteiger partial charge in [-0.2, -0.15) is 11.8 Å². The van der Waals surface area contributed by atoms with E-state index in [0.29, 0.717) is 34.9 Å². The monoisotopic (exact) mass is 604 g/mol. The molecule has 4 rings (SSSR count). The highest BCUT2D eigenvalue weighted by Crippen LogP contribution is 2.30. The van der Waals surface area contributed by atoms with Crippen molar-refractivity contribution in [2.24, 2.45) is 0 Å². The molecule has 3 amide bonds. The summed E-state index contributed by atoms with van der Waals surface area (Å²) in [4.78, 5) is 29.8. The Hall–Kier alpha value is -3.12. The van der Waals surface area contributed by atoms with Crippen molar-refractivity contribution < 1.29 is 22.4 Å². The highest BCUT2D eigenvalue weighted by atomic mass is 35.5. The predicted octanol–water partition coefficient (Wildman–Crippen LogP) is 5.07. The Morgan fingerprint density at radius 2 is 1.73 bits per heavy atom. The Labute approximate surface area is 242 Å². The second kappa shape index (κ2) is 13.5. The normalized spacial score (nSPS) is 14.0. The van der Waals surface area contributed by atoms with E-state index in [-0.39, 0.29) is 17.1 Å². The van der Waals surface area contributed by atoms with Crippen LogP contribution in [0, 0.1) is 5.82 Å². The number of carbonyl (C=O) groups excluding carboxylic acids is 2. The lowest BCUT2D eigenvalue weighted by atomic mass is 10.0. The first-order chi connectivity index (χ1) is 19.1. The number of carbonyl (C=O) groups is 2. The van der Waals surface area contributed by atoms with Crippen LogP contribution >= 0.6 is 23.4 Å². The van der Waals surface area contributed by atoms with E-state index in [0.717, 1.165) is 30.9 Å². The molecule has 0 aliphatic carbocycles. The highest BCUT2D eigenvalue weighted by molar-refractivity contribution is 7.99. The summed E-state index contributed by atoms with van der Waals surface area (Å²) in [5.41, 5.74) is 1.19. The molecule has 1 aliphatic heterocycles. The minimum Gasteiger partial charge on any atom is -0.322 e. The lowest BCUT2D eigenvalue weighted by molar-refractivity contribution is -0.116. The molecule has 0 saturated carbocycles. The number of hydrogen-bond donors (Lipinski definition) is 2. The molecule has 0 spiro atoms. The smallest absolute Gasteiger partial charge is 0.322 e. The summed E-state index contributed by atoms with van der Waals surface area (Å²) in [5.74, 6) is 0.740. The lowest BCUT2D eigenvalue weighted by Gasteiger charge is -2.29. The van der Waals surface area contributed by atoms with Crippen LogP contribution in [0.25, 0.3) is 11.1 Å². The molecule has 3 aromatic rings. The van der Waals surface area contributed by atoms with Crippen LogP contribution in [0.1, 0.15) is 0 Å². The van der Waals surface area contributed by atoms with E-state index in [1.165, 1.54) is 23.1 Å². The van der Waals surface area contributed by atoms with Crippen LogP contribution in [-0.2, 0) is 14.6 Å². The predicted molar refractivity (Wildman–Crippen MR) is 159 cm³/mol. The van der Waals surface area contributed by atoms with Crippen LogP contribution in [0.4, 0.5) is 20.6 Å². The number of benzene rings is 3. The number of thioether (sulfide) groups is 1. The highest BCUT2D eigenvalue weighted by Gasteiger charge is 2.21. The van der Waals surface area contributed by atoms with E-state index in [1.54, 1.807) is 48.5 Å². The van der Waals surface area contributed by atoms with Crippen molar-refractivity contribution in [3.8, 4) is 11.1 Å². The van der Waals surface area contributed by atoms with Gasteiger partial charge >= 0.3 is 6.03 Å². The maximum Gasteiger partial charge on any atom is 0.322 e. The summed E-state index contributed by atoms with van der Waals surface area (Å²) >= 11 is 7.82. The van der Waals surface area contributed by atoms with Crippen LogP contribution in [0.3, 0.4) is 0 Å². The number of hydrogen-bond acceptors (Lipinski definition) is 6. The van der Waals surface area contributed by atoms with Crippen molar-refractivity contribution in [1.29, 1.82) is 0 Å². The number of sulfone groups is 1. The molecule has 0 radical (unpaired) electrons. The van der Waals surface area contributed by atoms with Gasteiger partial charge in [0.2, 0.25) is 5.91 Å². The molecule has 40 heavy (non-hydrogen) atoms. The first-order valence-electron chi connectivity index (χ1n) is 12.6. The van der Waals surface area contributed by atoms with Crippen LogP contribution in [0.15, 0.2) is 71.6 Å². The molecule has 1 saturated heterocycles. The summed E-state index contributed by atoms with van der Waals surface area (Å²) in [6.07, 6.45) is 1.09. The van der Waals surface area contributed by atoms with Crippen LogP contribution in [-0.4, -0.2) is 80.6 Å². The summed E-state index contributed by atoms with van der Waals surface area (Å²) in [5, 5.41) is 5.86. The zero-order valence-corrected chi connectivity index (χ0v) is 24.3. The fraction of sp³-hybridized carbons (Fsp3) is 0.286. The van der Waals surface area contributed by atoms with Gasteiger partial charge in [-0.05, 0) is 48.0 Å². The topological polar surface area (TPSA) is 98.8 Å². The van der Waals surface area contributed by atoms with Crippen LogP contribution in [0.2, 0.25) is 5.02 Å². The molecule has 8 nitrogen and oxygen atoms in total. The number of nitrogens with one attached hydrogen (secondary N) is 2. The molecule has 0 bridgehead atoms. The number of urea groups is 1. The molecule has 3 aromatic carbocycles. The van der Waals surface area contributed by atoms with Crippen molar-refractivity contribution in [3.05, 3.63) is 77.6 Å². The van der Waals surface area contributed by atoms with Crippen molar-refractivity contribution >= 4 is 56.5 Å². The molecule has 0 atom stereocenters. The van der Waals surface area contributed by atoms with Crippen LogP contribution in [0.5, 0.6) is 0 Å². The molecular weight excluding hydrogens is 575 g/mol. The number of anilines is 2. The lowest BCUT2D eigenvalue weighted by Crippen LogP contribution is -2.46. The van der Waals surface area contributed by atoms with Gasteiger partial charge in [-0.25, -0.2) is 17.6 Å². The van der Waals surface area contributed by atoms with Gasteiger partial charge in [-0.15, -0.1) is 0 Å². The van der Waals surface area contributed by atoms with Gasteiger partial charge in [0.1, 0.15) is 12.4 Å². The maximum absolute atomic E-state index is 15.1. The minimum atomic E-state index is -3.53. The molecule has 1 heterocycles. The largest absolute Gasteiger partial charge is 0.322 e. The van der Waals surface area contributed by atoms with Crippen molar-refractivity contribution in [1.82, 2.24) is 9.80 Å². The van der Waals surface area contributed by atoms with Gasteiger partial charge in [0.05, 0.1) is 10.6 Å². The number of rotatable bonds is 9. The fourth-order valence-electron chi connectivity index (χ4n) is 4.25. The van der Waals surface area contributed by atoms with E-state index in [4.69, 9.17) is 11.6 Å². The third-order valence-corrected chi connectivity index (χ3v) is 8.70. The van der Waals surface area contributed by atoms with Crippen molar-refractivity contribution in [2.75, 3.05) is 61.1 Å². The van der Waals surface area contributed by atoms with Gasteiger partial charge in [0.15, 0.2) is 9.84 Å². The van der Waals surface area contributed by atoms with E-state index < -0.39 is 27.6 Å². The van der Waals surface area contributed by atoms with Crippen molar-refractivity contribution in [2.45, 2.75) is 4.90 Å². The number of halogens is 2. The second-order valence-corrected chi connectivity index (χ2v) is 13.0. The zero-order chi connectivity index (χ0) is 28.7. The Bertz CT molecular complexity index is 1470. The quantitative estimate of drug-likeness (QED) is 0.354. The van der Waals surface area contributed by atoms with Crippen molar-refractivity contribution in [3.63, 3.8) is 0 Å². The van der Waals surface area contributed by atoms with Crippen LogP contribution < -0.4 is 10.6 Å². The van der Waals surface area contributed by atoms with E-state index in [9.17, 15) is 18.0 Å². The Kier molecular flexibility index (Phi) is 10.1. The SMILES string of the molecule is CS(=O)(=O)c1ccccc1-c1ccc(NC(=O)CN(CCN2CCSCC2)C(=O)Nc2ccc(Cl)cc2)c(F)c1. The molecule has 1 fully saturated rings. The Balaban J connectivity index is 1.46. The summed E-state index contributed by atoms with van der Waals surface area (Å²) in [6, 6.07) is 16.6. The molecular formula is C28H30ClFN4O4S2. The van der Waals surface area contributed by atoms with Gasteiger partial charge in [-0.1, -0.05) is 35.9 Å². The fourth-order valence-corrected chi connectivity index (χ4v) is 6.27. The Morgan fingerprint density at radius 1 is 1.02 bits per heavy atom. The molecule has 0 unspecified atom stereocenters. The Morgan fingerprint density at radius 3 is 2.40 bits per heavy atom. The van der Waals surface area contributed by atoms with Gasteiger partial charge in [-0.3, -0.25) is 9.69 Å². The molecule has 12 heteroatoms. The standard InChI is InChI=1S/C28H30ClFN4O4S2/c1-40(37,38)26-5-3-2-4-23(26)20-6-11-25(24(30)18-20)32-27(35)19-34(13-12-33-14-16-39-17-15-33)28(36)31-22-9-7-21(29)8-10-22/h2-11,18H,12-17,19H2,1H3,(H,31,36)(H,32,35). The minimum absolute atomic E-state index is 0.0725. The first kappa shape index (κ1) is 29.9.